The standard InChI is InChI=1S/C5H4OS2/c6-4-2-1-3-8-5(4)7/h1-3,6H. The van der Waals surface area contributed by atoms with E-state index in [0.717, 1.165) is 0 Å². The van der Waals surface area contributed by atoms with E-state index < -0.39 is 0 Å². The fourth-order valence-electron chi connectivity index (χ4n) is 0.360. The second kappa shape index (κ2) is 2.24. The van der Waals surface area contributed by atoms with Gasteiger partial charge in [0, 0.05) is 0 Å². The Morgan fingerprint density at radius 3 is 2.75 bits per heavy atom. The first-order valence-corrected chi connectivity index (χ1v) is 3.36. The first kappa shape index (κ1) is 5.72. The van der Waals surface area contributed by atoms with Crippen LogP contribution in [-0.4, -0.2) is 5.11 Å². The summed E-state index contributed by atoms with van der Waals surface area (Å²) in [6, 6.07) is 3.34. The average Bonchev–Trinajstić information content (AvgIpc) is 1.77. The van der Waals surface area contributed by atoms with Gasteiger partial charge in [-0.15, -0.1) is 11.3 Å². The smallest absolute Gasteiger partial charge is 0.143 e. The molecule has 0 aliphatic heterocycles. The Bertz CT molecular complexity index is 228. The summed E-state index contributed by atoms with van der Waals surface area (Å²) in [6.45, 7) is 0. The van der Waals surface area contributed by atoms with E-state index in [1.165, 1.54) is 11.3 Å². The van der Waals surface area contributed by atoms with Gasteiger partial charge in [0.1, 0.15) is 9.57 Å². The van der Waals surface area contributed by atoms with Crippen molar-refractivity contribution in [3.8, 4) is 5.75 Å². The molecular formula is C5H4OS2. The first-order valence-electron chi connectivity index (χ1n) is 2.07. The molecule has 0 aliphatic carbocycles. The van der Waals surface area contributed by atoms with E-state index in [1.807, 2.05) is 5.38 Å². The van der Waals surface area contributed by atoms with Gasteiger partial charge in [0.15, 0.2) is 0 Å². The molecular weight excluding hydrogens is 140 g/mol. The lowest BCUT2D eigenvalue weighted by Gasteiger charge is -1.83. The average molecular weight is 144 g/mol. The summed E-state index contributed by atoms with van der Waals surface area (Å²) < 4.78 is 0.549. The Morgan fingerprint density at radius 2 is 2.38 bits per heavy atom. The van der Waals surface area contributed by atoms with Crippen LogP contribution in [0.3, 0.4) is 0 Å². The lowest BCUT2D eigenvalue weighted by Crippen LogP contribution is -1.57. The molecule has 0 unspecified atom stereocenters. The Balaban J connectivity index is 3.35. The topological polar surface area (TPSA) is 20.2 Å². The monoisotopic (exact) mass is 144 g/mol. The summed E-state index contributed by atoms with van der Waals surface area (Å²) in [5, 5.41) is 10.7. The van der Waals surface area contributed by atoms with Crippen LogP contribution in [0.1, 0.15) is 0 Å². The van der Waals surface area contributed by atoms with Crippen LogP contribution in [0.4, 0.5) is 0 Å². The Kier molecular flexibility index (Phi) is 1.60. The van der Waals surface area contributed by atoms with Gasteiger partial charge >= 0.3 is 0 Å². The predicted molar refractivity (Wildman–Crippen MR) is 36.8 cm³/mol. The predicted octanol–water partition coefficient (Wildman–Crippen LogP) is 2.18. The molecule has 1 aromatic rings. The molecule has 1 aromatic heterocycles. The highest BCUT2D eigenvalue weighted by atomic mass is 32.1. The fraction of sp³-hybridized carbons (Fsp3) is 0. The van der Waals surface area contributed by atoms with Gasteiger partial charge in [-0.2, -0.15) is 0 Å². The van der Waals surface area contributed by atoms with Crippen LogP contribution in [0.5, 0.6) is 5.75 Å². The van der Waals surface area contributed by atoms with Crippen LogP contribution in [0, 0.1) is 3.82 Å². The third-order valence-corrected chi connectivity index (χ3v) is 1.93. The minimum absolute atomic E-state index is 0.201. The van der Waals surface area contributed by atoms with Gasteiger partial charge in [0.2, 0.25) is 0 Å². The molecule has 1 N–H and O–H groups in total. The van der Waals surface area contributed by atoms with Crippen molar-refractivity contribution < 1.29 is 5.11 Å². The van der Waals surface area contributed by atoms with Crippen LogP contribution in [0.15, 0.2) is 17.5 Å². The van der Waals surface area contributed by atoms with Gasteiger partial charge in [-0.25, -0.2) is 0 Å². The Labute approximate surface area is 56.2 Å². The van der Waals surface area contributed by atoms with Crippen LogP contribution >= 0.6 is 23.6 Å². The fourth-order valence-corrected chi connectivity index (χ4v) is 1.06. The van der Waals surface area contributed by atoms with Crippen LogP contribution in [-0.2, 0) is 0 Å². The number of aromatic hydroxyl groups is 1. The minimum Gasteiger partial charge on any atom is -0.506 e. The maximum Gasteiger partial charge on any atom is 0.143 e. The highest BCUT2D eigenvalue weighted by Gasteiger charge is 1.84. The van der Waals surface area contributed by atoms with E-state index in [1.54, 1.807) is 12.1 Å². The third-order valence-electron chi connectivity index (χ3n) is 0.717. The van der Waals surface area contributed by atoms with E-state index in [4.69, 9.17) is 17.3 Å². The van der Waals surface area contributed by atoms with Crippen molar-refractivity contribution in [2.45, 2.75) is 0 Å². The van der Waals surface area contributed by atoms with Gasteiger partial charge in [0.05, 0.1) is 0 Å². The van der Waals surface area contributed by atoms with Crippen LogP contribution < -0.4 is 0 Å². The third kappa shape index (κ3) is 1.05. The van der Waals surface area contributed by atoms with Crippen molar-refractivity contribution in [1.82, 2.24) is 0 Å². The van der Waals surface area contributed by atoms with Crippen molar-refractivity contribution in [2.24, 2.45) is 0 Å². The highest BCUT2D eigenvalue weighted by Crippen LogP contribution is 2.13. The van der Waals surface area contributed by atoms with E-state index >= 15 is 0 Å². The number of rotatable bonds is 0. The molecule has 0 bridgehead atoms. The van der Waals surface area contributed by atoms with Gasteiger partial charge in [0.25, 0.3) is 0 Å². The maximum absolute atomic E-state index is 8.83. The second-order valence-corrected chi connectivity index (χ2v) is 2.87. The Hall–Kier alpha value is -0.410. The van der Waals surface area contributed by atoms with Gasteiger partial charge in [-0.3, -0.25) is 0 Å². The quantitative estimate of drug-likeness (QED) is 0.563. The highest BCUT2D eigenvalue weighted by molar-refractivity contribution is 7.73. The van der Waals surface area contributed by atoms with Crippen molar-refractivity contribution in [2.75, 3.05) is 0 Å². The molecule has 42 valence electrons. The summed E-state index contributed by atoms with van der Waals surface area (Å²) in [5.74, 6) is 0.201. The molecule has 0 aliphatic rings. The molecule has 1 heterocycles. The van der Waals surface area contributed by atoms with E-state index in [-0.39, 0.29) is 5.75 Å². The van der Waals surface area contributed by atoms with Gasteiger partial charge < -0.3 is 5.11 Å². The normalized spacial score (nSPS) is 9.00. The largest absolute Gasteiger partial charge is 0.506 e. The molecule has 0 fully saturated rings. The molecule has 0 saturated heterocycles. The zero-order valence-electron chi connectivity index (χ0n) is 4.00. The molecule has 0 radical (unpaired) electrons. The SMILES string of the molecule is Oc1cccsc1=S. The lowest BCUT2D eigenvalue weighted by atomic mass is 10.5. The zero-order valence-corrected chi connectivity index (χ0v) is 5.63. The molecule has 0 aromatic carbocycles. The summed E-state index contributed by atoms with van der Waals surface area (Å²) in [4.78, 5) is 0. The van der Waals surface area contributed by atoms with Crippen molar-refractivity contribution >= 4 is 23.6 Å². The molecule has 0 amide bonds. The number of hydrogen-bond acceptors (Lipinski definition) is 3. The minimum atomic E-state index is 0.201. The van der Waals surface area contributed by atoms with E-state index in [2.05, 4.69) is 0 Å². The lowest BCUT2D eigenvalue weighted by molar-refractivity contribution is 0.475. The maximum atomic E-state index is 8.83. The molecule has 0 saturated carbocycles. The van der Waals surface area contributed by atoms with Gasteiger partial charge in [-0.1, -0.05) is 12.2 Å². The summed E-state index contributed by atoms with van der Waals surface area (Å²) >= 11 is 6.08. The molecule has 1 rings (SSSR count). The van der Waals surface area contributed by atoms with Crippen molar-refractivity contribution in [3.05, 3.63) is 21.3 Å². The van der Waals surface area contributed by atoms with Gasteiger partial charge in [-0.05, 0) is 17.5 Å². The first-order chi connectivity index (χ1) is 3.80. The second-order valence-electron chi connectivity index (χ2n) is 1.29. The molecule has 1 nitrogen and oxygen atoms in total. The van der Waals surface area contributed by atoms with E-state index in [0.29, 0.717) is 3.82 Å². The number of hydrogen-bond donors (Lipinski definition) is 1. The van der Waals surface area contributed by atoms with Crippen molar-refractivity contribution in [3.63, 3.8) is 0 Å². The Morgan fingerprint density at radius 1 is 1.62 bits per heavy atom. The summed E-state index contributed by atoms with van der Waals surface area (Å²) in [7, 11) is 0. The summed E-state index contributed by atoms with van der Waals surface area (Å²) in [6.07, 6.45) is 0. The molecule has 3 heteroatoms. The van der Waals surface area contributed by atoms with Crippen LogP contribution in [0.25, 0.3) is 0 Å². The van der Waals surface area contributed by atoms with E-state index in [9.17, 15) is 0 Å². The van der Waals surface area contributed by atoms with Crippen LogP contribution in [0.2, 0.25) is 0 Å². The molecule has 0 spiro atoms. The summed E-state index contributed by atoms with van der Waals surface area (Å²) in [5.41, 5.74) is 0. The zero-order chi connectivity index (χ0) is 5.98. The molecule has 0 atom stereocenters. The van der Waals surface area contributed by atoms with Crippen molar-refractivity contribution in [1.29, 1.82) is 0 Å². The molecule has 8 heavy (non-hydrogen) atoms.